The van der Waals surface area contributed by atoms with Gasteiger partial charge in [0, 0.05) is 50.9 Å². The molecule has 10 rings (SSSR count). The Balaban J connectivity index is 0.960. The summed E-state index contributed by atoms with van der Waals surface area (Å²) in [7, 11) is 0. The molecular formula is C58H43N3. The van der Waals surface area contributed by atoms with Crippen LogP contribution in [0.3, 0.4) is 0 Å². The summed E-state index contributed by atoms with van der Waals surface area (Å²) in [6.07, 6.45) is 0. The predicted octanol–water partition coefficient (Wildman–Crippen LogP) is 16.6. The van der Waals surface area contributed by atoms with Crippen LogP contribution in [0.5, 0.6) is 0 Å². The molecule has 0 spiro atoms. The van der Waals surface area contributed by atoms with E-state index < -0.39 is 0 Å². The molecule has 0 saturated heterocycles. The van der Waals surface area contributed by atoms with E-state index in [9.17, 15) is 0 Å². The Hall–Kier alpha value is -8.14. The second-order valence-electron chi connectivity index (χ2n) is 15.0. The number of rotatable bonds is 11. The highest BCUT2D eigenvalue weighted by atomic mass is 15.2. The molecule has 0 aromatic heterocycles. The van der Waals surface area contributed by atoms with Crippen molar-refractivity contribution in [3.8, 4) is 22.3 Å². The quantitative estimate of drug-likeness (QED) is 0.129. The van der Waals surface area contributed by atoms with Crippen LogP contribution in [0.2, 0.25) is 0 Å². The lowest BCUT2D eigenvalue weighted by molar-refractivity contribution is 1.28. The van der Waals surface area contributed by atoms with E-state index in [0.29, 0.717) is 0 Å². The summed E-state index contributed by atoms with van der Waals surface area (Å²) < 4.78 is 0. The highest BCUT2D eigenvalue weighted by Crippen LogP contribution is 2.43. The van der Waals surface area contributed by atoms with Crippen LogP contribution in [-0.2, 0) is 0 Å². The lowest BCUT2D eigenvalue weighted by atomic mass is 9.96. The Bertz CT molecular complexity index is 2890. The van der Waals surface area contributed by atoms with Gasteiger partial charge in [-0.05, 0) is 131 Å². The van der Waals surface area contributed by atoms with Gasteiger partial charge < -0.3 is 14.7 Å². The molecule has 0 aliphatic carbocycles. The van der Waals surface area contributed by atoms with Crippen molar-refractivity contribution in [2.45, 2.75) is 0 Å². The van der Waals surface area contributed by atoms with Gasteiger partial charge in [0.1, 0.15) is 0 Å². The third-order valence-corrected chi connectivity index (χ3v) is 11.2. The molecule has 0 radical (unpaired) electrons. The highest BCUT2D eigenvalue weighted by molar-refractivity contribution is 6.06. The lowest BCUT2D eigenvalue weighted by Crippen LogP contribution is -2.10. The van der Waals surface area contributed by atoms with Gasteiger partial charge in [-0.15, -0.1) is 0 Å². The predicted molar refractivity (Wildman–Crippen MR) is 259 cm³/mol. The summed E-state index contributed by atoms with van der Waals surface area (Å²) in [5.74, 6) is 0. The fraction of sp³-hybridized carbons (Fsp3) is 0. The summed E-state index contributed by atoms with van der Waals surface area (Å²) >= 11 is 0. The molecule has 0 aliphatic heterocycles. The second-order valence-corrected chi connectivity index (χ2v) is 15.0. The van der Waals surface area contributed by atoms with Crippen molar-refractivity contribution in [3.05, 3.63) is 261 Å². The molecule has 10 aromatic carbocycles. The van der Waals surface area contributed by atoms with Crippen LogP contribution >= 0.6 is 0 Å². The molecule has 0 bridgehead atoms. The van der Waals surface area contributed by atoms with Gasteiger partial charge in [-0.1, -0.05) is 158 Å². The van der Waals surface area contributed by atoms with Gasteiger partial charge in [-0.25, -0.2) is 0 Å². The first kappa shape index (κ1) is 37.2. The average Bonchev–Trinajstić information content (AvgIpc) is 3.34. The third-order valence-electron chi connectivity index (χ3n) is 11.2. The monoisotopic (exact) mass is 781 g/mol. The Labute approximate surface area is 358 Å². The van der Waals surface area contributed by atoms with E-state index in [4.69, 9.17) is 0 Å². The van der Waals surface area contributed by atoms with E-state index in [-0.39, 0.29) is 0 Å². The molecule has 61 heavy (non-hydrogen) atoms. The van der Waals surface area contributed by atoms with Gasteiger partial charge in [0.25, 0.3) is 0 Å². The molecule has 0 amide bonds. The third kappa shape index (κ3) is 7.65. The number of para-hydroxylation sites is 5. The first-order chi connectivity index (χ1) is 30.3. The van der Waals surface area contributed by atoms with E-state index in [2.05, 4.69) is 276 Å². The zero-order valence-electron chi connectivity index (χ0n) is 33.7. The fourth-order valence-electron chi connectivity index (χ4n) is 8.33. The van der Waals surface area contributed by atoms with Crippen LogP contribution in [0.15, 0.2) is 261 Å². The van der Waals surface area contributed by atoms with Gasteiger partial charge in [-0.3, -0.25) is 0 Å². The van der Waals surface area contributed by atoms with Crippen LogP contribution < -0.4 is 14.7 Å². The number of nitrogens with zero attached hydrogens (tertiary/aromatic N) is 3. The first-order valence-electron chi connectivity index (χ1n) is 20.8. The van der Waals surface area contributed by atoms with Crippen molar-refractivity contribution in [1.29, 1.82) is 0 Å². The van der Waals surface area contributed by atoms with E-state index in [0.717, 1.165) is 56.7 Å². The molecule has 0 aliphatic rings. The number of hydrogen-bond acceptors (Lipinski definition) is 3. The summed E-state index contributed by atoms with van der Waals surface area (Å²) in [6, 6.07) is 92.9. The Morgan fingerprint density at radius 3 is 0.820 bits per heavy atom. The number of hydrogen-bond donors (Lipinski definition) is 0. The van der Waals surface area contributed by atoms with E-state index in [1.54, 1.807) is 0 Å². The van der Waals surface area contributed by atoms with Crippen molar-refractivity contribution >= 4 is 62.0 Å². The molecule has 0 fully saturated rings. The van der Waals surface area contributed by atoms with Crippen molar-refractivity contribution in [2.24, 2.45) is 0 Å². The summed E-state index contributed by atoms with van der Waals surface area (Å²) in [6.45, 7) is 0. The number of fused-ring (bicyclic) bond motifs is 1. The van der Waals surface area contributed by atoms with Crippen LogP contribution in [0, 0.1) is 0 Å². The number of anilines is 9. The van der Waals surface area contributed by atoms with Gasteiger partial charge in [0.15, 0.2) is 0 Å². The van der Waals surface area contributed by atoms with Gasteiger partial charge in [-0.2, -0.15) is 0 Å². The summed E-state index contributed by atoms with van der Waals surface area (Å²) in [5.41, 5.74) is 14.7. The fourth-order valence-corrected chi connectivity index (χ4v) is 8.33. The highest BCUT2D eigenvalue weighted by Gasteiger charge is 2.18. The van der Waals surface area contributed by atoms with Gasteiger partial charge in [0.05, 0.1) is 5.69 Å². The van der Waals surface area contributed by atoms with Crippen molar-refractivity contribution in [1.82, 2.24) is 0 Å². The molecule has 3 nitrogen and oxygen atoms in total. The van der Waals surface area contributed by atoms with Crippen LogP contribution in [0.1, 0.15) is 0 Å². The van der Waals surface area contributed by atoms with Crippen molar-refractivity contribution in [3.63, 3.8) is 0 Å². The van der Waals surface area contributed by atoms with Crippen molar-refractivity contribution in [2.75, 3.05) is 14.7 Å². The molecule has 0 atom stereocenters. The van der Waals surface area contributed by atoms with Gasteiger partial charge in [0.2, 0.25) is 0 Å². The molecule has 3 heteroatoms. The maximum absolute atomic E-state index is 2.35. The molecule has 0 unspecified atom stereocenters. The minimum Gasteiger partial charge on any atom is -0.311 e. The molecule has 0 heterocycles. The van der Waals surface area contributed by atoms with Crippen LogP contribution in [0.25, 0.3) is 33.0 Å². The Kier molecular flexibility index (Phi) is 10.3. The van der Waals surface area contributed by atoms with E-state index in [1.165, 1.54) is 27.5 Å². The molecular weight excluding hydrogens is 739 g/mol. The molecule has 290 valence electrons. The summed E-state index contributed by atoms with van der Waals surface area (Å²) in [4.78, 5) is 6.96. The molecule has 0 N–H and O–H groups in total. The number of benzene rings is 10. The zero-order chi connectivity index (χ0) is 40.8. The maximum atomic E-state index is 2.35. The smallest absolute Gasteiger partial charge is 0.0540 e. The Morgan fingerprint density at radius 1 is 0.180 bits per heavy atom. The first-order valence-corrected chi connectivity index (χ1v) is 20.8. The lowest BCUT2D eigenvalue weighted by Gasteiger charge is -2.27. The minimum atomic E-state index is 1.09. The van der Waals surface area contributed by atoms with E-state index in [1.807, 2.05) is 0 Å². The van der Waals surface area contributed by atoms with Crippen LogP contribution in [-0.4, -0.2) is 0 Å². The van der Waals surface area contributed by atoms with Gasteiger partial charge >= 0.3 is 0 Å². The summed E-state index contributed by atoms with van der Waals surface area (Å²) in [5, 5.41) is 2.41. The SMILES string of the molecule is c1ccc(N(c2ccccc2)c2ccc(-c3ccc(N(c4ccccc4)c4ccc(-c5ccc(N(c6ccccc6)c6ccccc6)c6ccccc56)cc4)cc3)cc2)cc1. The maximum Gasteiger partial charge on any atom is 0.0540 e. The second kappa shape index (κ2) is 17.0. The zero-order valence-corrected chi connectivity index (χ0v) is 33.7. The van der Waals surface area contributed by atoms with E-state index >= 15 is 0 Å². The largest absolute Gasteiger partial charge is 0.311 e. The van der Waals surface area contributed by atoms with Crippen LogP contribution in [0.4, 0.5) is 51.2 Å². The molecule has 10 aromatic rings. The normalized spacial score (nSPS) is 11.0. The molecule has 0 saturated carbocycles. The van der Waals surface area contributed by atoms with Crippen molar-refractivity contribution < 1.29 is 0 Å². The Morgan fingerprint density at radius 2 is 0.459 bits per heavy atom. The topological polar surface area (TPSA) is 9.72 Å². The average molecular weight is 782 g/mol. The minimum absolute atomic E-state index is 1.09. The standard InChI is InChI=1S/C58H43N3/c1-6-18-47(19-7-1)59(48-20-8-2-9-21-48)52-36-30-44(31-37-52)45-32-38-53(39-33-45)60(49-22-10-3-11-23-49)54-40-34-46(35-41-54)55-42-43-58(57-29-17-16-28-56(55)57)61(50-24-12-4-13-25-50)51-26-14-5-15-27-51/h1-43H.